The predicted octanol–water partition coefficient (Wildman–Crippen LogP) is 2.54. The minimum absolute atomic E-state index is 0.0300. The SMILES string of the molecule is O=C(Cc1ccc(-n2cnnn2)cc1)NCc1ccccc1C(F)(F)F. The lowest BCUT2D eigenvalue weighted by molar-refractivity contribution is -0.138. The number of benzene rings is 2. The van der Waals surface area contributed by atoms with Crippen molar-refractivity contribution in [3.63, 3.8) is 0 Å². The first-order chi connectivity index (χ1) is 12.4. The number of rotatable bonds is 5. The van der Waals surface area contributed by atoms with Crippen molar-refractivity contribution in [3.05, 3.63) is 71.5 Å². The van der Waals surface area contributed by atoms with Crippen molar-refractivity contribution in [2.75, 3.05) is 0 Å². The molecule has 1 heterocycles. The fourth-order valence-corrected chi connectivity index (χ4v) is 2.44. The Bertz CT molecular complexity index is 876. The molecule has 0 radical (unpaired) electrons. The van der Waals surface area contributed by atoms with E-state index >= 15 is 0 Å². The van der Waals surface area contributed by atoms with E-state index in [9.17, 15) is 18.0 Å². The normalized spacial score (nSPS) is 11.3. The maximum absolute atomic E-state index is 12.9. The van der Waals surface area contributed by atoms with E-state index in [1.54, 1.807) is 24.3 Å². The molecule has 134 valence electrons. The Kier molecular flexibility index (Phi) is 4.97. The molecule has 3 rings (SSSR count). The van der Waals surface area contributed by atoms with Crippen LogP contribution in [0.15, 0.2) is 54.9 Å². The van der Waals surface area contributed by atoms with E-state index in [0.29, 0.717) is 0 Å². The van der Waals surface area contributed by atoms with Crippen molar-refractivity contribution in [3.8, 4) is 5.69 Å². The number of hydrogen-bond acceptors (Lipinski definition) is 4. The summed E-state index contributed by atoms with van der Waals surface area (Å²) in [6.45, 7) is -0.183. The minimum Gasteiger partial charge on any atom is -0.352 e. The summed E-state index contributed by atoms with van der Waals surface area (Å²) < 4.78 is 40.3. The summed E-state index contributed by atoms with van der Waals surface area (Å²) in [5.41, 5.74) is 0.746. The number of nitrogens with zero attached hydrogens (tertiary/aromatic N) is 4. The van der Waals surface area contributed by atoms with Gasteiger partial charge in [-0.2, -0.15) is 13.2 Å². The van der Waals surface area contributed by atoms with Crippen LogP contribution in [0.2, 0.25) is 0 Å². The lowest BCUT2D eigenvalue weighted by Crippen LogP contribution is -2.26. The van der Waals surface area contributed by atoms with E-state index in [-0.39, 0.29) is 24.4 Å². The highest BCUT2D eigenvalue weighted by molar-refractivity contribution is 5.78. The summed E-state index contributed by atoms with van der Waals surface area (Å²) >= 11 is 0. The van der Waals surface area contributed by atoms with Crippen LogP contribution < -0.4 is 5.32 Å². The Labute approximate surface area is 146 Å². The number of nitrogens with one attached hydrogen (secondary N) is 1. The summed E-state index contributed by atoms with van der Waals surface area (Å²) in [7, 11) is 0. The Morgan fingerprint density at radius 3 is 2.46 bits per heavy atom. The number of amides is 1. The molecular weight excluding hydrogens is 347 g/mol. The molecule has 0 saturated heterocycles. The number of aromatic nitrogens is 4. The van der Waals surface area contributed by atoms with Crippen LogP contribution in [0.3, 0.4) is 0 Å². The van der Waals surface area contributed by atoms with E-state index in [2.05, 4.69) is 20.8 Å². The average Bonchev–Trinajstić information content (AvgIpc) is 3.15. The highest BCUT2D eigenvalue weighted by Crippen LogP contribution is 2.31. The number of alkyl halides is 3. The van der Waals surface area contributed by atoms with Gasteiger partial charge in [0.05, 0.1) is 17.7 Å². The van der Waals surface area contributed by atoms with Crippen LogP contribution in [0.4, 0.5) is 13.2 Å². The van der Waals surface area contributed by atoms with E-state index in [0.717, 1.165) is 17.3 Å². The van der Waals surface area contributed by atoms with Crippen molar-refractivity contribution >= 4 is 5.91 Å². The molecule has 1 N–H and O–H groups in total. The standard InChI is InChI=1S/C17H14F3N5O/c18-17(19,20)15-4-2-1-3-13(15)10-21-16(26)9-12-5-7-14(8-6-12)25-11-22-23-24-25/h1-8,11H,9-10H2,(H,21,26). The molecule has 0 aliphatic heterocycles. The summed E-state index contributed by atoms with van der Waals surface area (Å²) in [5, 5.41) is 13.3. The van der Waals surface area contributed by atoms with Gasteiger partial charge in [-0.1, -0.05) is 30.3 Å². The second-order valence-electron chi connectivity index (χ2n) is 5.53. The smallest absolute Gasteiger partial charge is 0.352 e. The zero-order valence-electron chi connectivity index (χ0n) is 13.4. The number of tetrazole rings is 1. The van der Waals surface area contributed by atoms with Crippen molar-refractivity contribution in [1.29, 1.82) is 0 Å². The van der Waals surface area contributed by atoms with Crippen LogP contribution in [0.5, 0.6) is 0 Å². The third-order valence-corrected chi connectivity index (χ3v) is 3.71. The average molecular weight is 361 g/mol. The fourth-order valence-electron chi connectivity index (χ4n) is 2.44. The van der Waals surface area contributed by atoms with Gasteiger partial charge < -0.3 is 5.32 Å². The molecule has 0 unspecified atom stereocenters. The molecule has 0 spiro atoms. The number of halogens is 3. The molecule has 1 aromatic heterocycles. The Morgan fingerprint density at radius 1 is 1.08 bits per heavy atom. The predicted molar refractivity (Wildman–Crippen MR) is 86.1 cm³/mol. The summed E-state index contributed by atoms with van der Waals surface area (Å²) in [4.78, 5) is 12.0. The number of hydrogen-bond donors (Lipinski definition) is 1. The first kappa shape index (κ1) is 17.6. The molecule has 0 fully saturated rings. The number of carbonyl (C=O) groups excluding carboxylic acids is 1. The second-order valence-corrected chi connectivity index (χ2v) is 5.53. The van der Waals surface area contributed by atoms with Gasteiger partial charge >= 0.3 is 6.18 Å². The van der Waals surface area contributed by atoms with Gasteiger partial charge in [-0.15, -0.1) is 5.10 Å². The summed E-state index contributed by atoms with van der Waals surface area (Å²) in [6.07, 6.45) is -2.95. The quantitative estimate of drug-likeness (QED) is 0.758. The van der Waals surface area contributed by atoms with Gasteiger partial charge in [0, 0.05) is 6.54 Å². The maximum atomic E-state index is 12.9. The van der Waals surface area contributed by atoms with Crippen LogP contribution in [0.25, 0.3) is 5.69 Å². The van der Waals surface area contributed by atoms with E-state index < -0.39 is 11.7 Å². The molecule has 0 aliphatic carbocycles. The Morgan fingerprint density at radius 2 is 1.81 bits per heavy atom. The van der Waals surface area contributed by atoms with Gasteiger partial charge in [0.1, 0.15) is 6.33 Å². The van der Waals surface area contributed by atoms with Gasteiger partial charge in [-0.3, -0.25) is 4.79 Å². The fraction of sp³-hybridized carbons (Fsp3) is 0.176. The molecule has 0 saturated carbocycles. The van der Waals surface area contributed by atoms with Gasteiger partial charge in [0.2, 0.25) is 5.91 Å². The molecule has 1 amide bonds. The minimum atomic E-state index is -4.45. The number of carbonyl (C=O) groups is 1. The molecule has 0 bridgehead atoms. The third kappa shape index (κ3) is 4.24. The zero-order valence-corrected chi connectivity index (χ0v) is 13.4. The van der Waals surface area contributed by atoms with Crippen LogP contribution in [0, 0.1) is 0 Å². The molecule has 6 nitrogen and oxygen atoms in total. The third-order valence-electron chi connectivity index (χ3n) is 3.71. The van der Waals surface area contributed by atoms with Gasteiger partial charge in [-0.05, 0) is 39.8 Å². The topological polar surface area (TPSA) is 72.7 Å². The summed E-state index contributed by atoms with van der Waals surface area (Å²) in [6, 6.07) is 12.1. The lowest BCUT2D eigenvalue weighted by atomic mass is 10.1. The maximum Gasteiger partial charge on any atom is 0.416 e. The summed E-state index contributed by atoms with van der Waals surface area (Å²) in [5.74, 6) is -0.364. The Balaban J connectivity index is 1.60. The first-order valence-corrected chi connectivity index (χ1v) is 7.67. The lowest BCUT2D eigenvalue weighted by Gasteiger charge is -2.13. The van der Waals surface area contributed by atoms with E-state index in [1.807, 2.05) is 0 Å². The van der Waals surface area contributed by atoms with Gasteiger partial charge in [-0.25, -0.2) is 4.68 Å². The van der Waals surface area contributed by atoms with E-state index in [1.165, 1.54) is 29.2 Å². The van der Waals surface area contributed by atoms with Crippen LogP contribution >= 0.6 is 0 Å². The second kappa shape index (κ2) is 7.34. The Hall–Kier alpha value is -3.23. The monoisotopic (exact) mass is 361 g/mol. The van der Waals surface area contributed by atoms with Crippen molar-refractivity contribution in [1.82, 2.24) is 25.5 Å². The van der Waals surface area contributed by atoms with Gasteiger partial charge in [0.25, 0.3) is 0 Å². The van der Waals surface area contributed by atoms with Crippen molar-refractivity contribution in [2.24, 2.45) is 0 Å². The van der Waals surface area contributed by atoms with Crippen molar-refractivity contribution in [2.45, 2.75) is 19.1 Å². The highest BCUT2D eigenvalue weighted by atomic mass is 19.4. The van der Waals surface area contributed by atoms with Crippen molar-refractivity contribution < 1.29 is 18.0 Å². The molecule has 26 heavy (non-hydrogen) atoms. The molecule has 0 aliphatic rings. The van der Waals surface area contributed by atoms with Gasteiger partial charge in [0.15, 0.2) is 0 Å². The largest absolute Gasteiger partial charge is 0.416 e. The molecule has 9 heteroatoms. The molecule has 2 aromatic carbocycles. The van der Waals surface area contributed by atoms with Crippen LogP contribution in [-0.2, 0) is 23.9 Å². The molecule has 3 aromatic rings. The van der Waals surface area contributed by atoms with Crippen LogP contribution in [0.1, 0.15) is 16.7 Å². The highest BCUT2D eigenvalue weighted by Gasteiger charge is 2.32. The van der Waals surface area contributed by atoms with Crippen LogP contribution in [-0.4, -0.2) is 26.1 Å². The van der Waals surface area contributed by atoms with E-state index in [4.69, 9.17) is 0 Å². The molecule has 0 atom stereocenters. The first-order valence-electron chi connectivity index (χ1n) is 7.67. The molecular formula is C17H14F3N5O. The zero-order chi connectivity index (χ0) is 18.6.